The number of hydrogen-bond acceptors (Lipinski definition) is 6. The van der Waals surface area contributed by atoms with Crippen molar-refractivity contribution in [2.45, 2.75) is 17.1 Å². The molecule has 144 valence electrons. The van der Waals surface area contributed by atoms with Crippen LogP contribution in [0.5, 0.6) is 5.75 Å². The zero-order valence-electron chi connectivity index (χ0n) is 15.1. The van der Waals surface area contributed by atoms with Gasteiger partial charge < -0.3 is 15.4 Å². The number of hydrogen-bond donors (Lipinski definition) is 2. The second kappa shape index (κ2) is 9.91. The van der Waals surface area contributed by atoms with Gasteiger partial charge in [0.25, 0.3) is 5.91 Å². The Bertz CT molecular complexity index is 900. The topological polar surface area (TPSA) is 80.3 Å². The summed E-state index contributed by atoms with van der Waals surface area (Å²) in [6.07, 6.45) is 1.65. The fraction of sp³-hybridized carbons (Fsp3) is 0.150. The van der Waals surface area contributed by atoms with Gasteiger partial charge in [-0.25, -0.2) is 4.98 Å². The molecule has 0 radical (unpaired) electrons. The summed E-state index contributed by atoms with van der Waals surface area (Å²) in [6, 6.07) is 16.5. The smallest absolute Gasteiger partial charge is 0.262 e. The maximum Gasteiger partial charge on any atom is 0.262 e. The molecule has 2 aromatic carbocycles. The van der Waals surface area contributed by atoms with E-state index in [0.717, 1.165) is 4.90 Å². The van der Waals surface area contributed by atoms with Gasteiger partial charge in [0.2, 0.25) is 5.91 Å². The number of thioether (sulfide) groups is 1. The van der Waals surface area contributed by atoms with Crippen molar-refractivity contribution in [3.8, 4) is 5.75 Å². The van der Waals surface area contributed by atoms with Gasteiger partial charge in [-0.15, -0.1) is 23.1 Å². The molecular weight excluding hydrogens is 394 g/mol. The van der Waals surface area contributed by atoms with Crippen molar-refractivity contribution >= 4 is 45.7 Å². The molecule has 2 amide bonds. The zero-order chi connectivity index (χ0) is 19.8. The van der Waals surface area contributed by atoms with E-state index in [-0.39, 0.29) is 23.7 Å². The molecule has 6 nitrogen and oxygen atoms in total. The lowest BCUT2D eigenvalue weighted by atomic mass is 10.3. The quantitative estimate of drug-likeness (QED) is 0.539. The van der Waals surface area contributed by atoms with Crippen LogP contribution in [-0.4, -0.2) is 28.7 Å². The molecule has 0 bridgehead atoms. The van der Waals surface area contributed by atoms with E-state index in [1.54, 1.807) is 30.5 Å². The molecule has 0 fully saturated rings. The summed E-state index contributed by atoms with van der Waals surface area (Å²) < 4.78 is 5.42. The van der Waals surface area contributed by atoms with Crippen LogP contribution in [0.15, 0.2) is 71.1 Å². The van der Waals surface area contributed by atoms with Crippen molar-refractivity contribution < 1.29 is 14.3 Å². The largest absolute Gasteiger partial charge is 0.484 e. The Morgan fingerprint density at radius 2 is 1.86 bits per heavy atom. The number of rotatable bonds is 8. The minimum Gasteiger partial charge on any atom is -0.484 e. The van der Waals surface area contributed by atoms with Gasteiger partial charge in [-0.05, 0) is 43.3 Å². The Kier molecular flexibility index (Phi) is 7.05. The monoisotopic (exact) mass is 413 g/mol. The van der Waals surface area contributed by atoms with E-state index >= 15 is 0 Å². The number of aromatic nitrogens is 1. The molecule has 1 aromatic heterocycles. The van der Waals surface area contributed by atoms with Crippen LogP contribution in [0.1, 0.15) is 6.92 Å². The highest BCUT2D eigenvalue weighted by atomic mass is 32.2. The second-order valence-electron chi connectivity index (χ2n) is 5.76. The van der Waals surface area contributed by atoms with Crippen molar-refractivity contribution in [1.29, 1.82) is 0 Å². The van der Waals surface area contributed by atoms with Gasteiger partial charge in [0.1, 0.15) is 5.75 Å². The minimum absolute atomic E-state index is 0.0610. The molecule has 0 aliphatic rings. The molecule has 1 unspecified atom stereocenters. The van der Waals surface area contributed by atoms with Gasteiger partial charge in [0.05, 0.1) is 5.25 Å². The molecule has 3 aromatic rings. The summed E-state index contributed by atoms with van der Waals surface area (Å²) in [5.74, 6) is 0.310. The van der Waals surface area contributed by atoms with E-state index < -0.39 is 0 Å². The molecule has 2 N–H and O–H groups in total. The Balaban J connectivity index is 1.46. The van der Waals surface area contributed by atoms with Crippen molar-refractivity contribution in [2.24, 2.45) is 0 Å². The first-order valence-electron chi connectivity index (χ1n) is 8.55. The first-order valence-corrected chi connectivity index (χ1v) is 10.3. The molecule has 0 saturated carbocycles. The maximum absolute atomic E-state index is 12.2. The molecule has 8 heteroatoms. The van der Waals surface area contributed by atoms with Crippen LogP contribution in [0, 0.1) is 0 Å². The van der Waals surface area contributed by atoms with Crippen LogP contribution in [0.3, 0.4) is 0 Å². The molecule has 28 heavy (non-hydrogen) atoms. The zero-order valence-corrected chi connectivity index (χ0v) is 16.8. The molecule has 0 spiro atoms. The van der Waals surface area contributed by atoms with E-state index in [4.69, 9.17) is 4.74 Å². The normalized spacial score (nSPS) is 11.5. The van der Waals surface area contributed by atoms with Crippen molar-refractivity contribution in [3.05, 3.63) is 66.2 Å². The van der Waals surface area contributed by atoms with Gasteiger partial charge in [-0.3, -0.25) is 9.59 Å². The molecular formula is C20H19N3O3S2. The lowest BCUT2D eigenvalue weighted by Crippen LogP contribution is -2.22. The fourth-order valence-corrected chi connectivity index (χ4v) is 3.63. The maximum atomic E-state index is 12.2. The van der Waals surface area contributed by atoms with E-state index in [2.05, 4.69) is 15.6 Å². The van der Waals surface area contributed by atoms with Crippen LogP contribution in [-0.2, 0) is 9.59 Å². The molecule has 0 aliphatic heterocycles. The standard InChI is InChI=1S/C20H19N3O3S2/c1-14(19(25)23-20-21-11-12-27-20)28-17-9-7-15(8-10-17)22-18(24)13-26-16-5-3-2-4-6-16/h2-12,14H,13H2,1H3,(H,22,24)(H,21,23,25). The predicted molar refractivity (Wildman–Crippen MR) is 113 cm³/mol. The number of benzene rings is 2. The first-order chi connectivity index (χ1) is 13.6. The Morgan fingerprint density at radius 3 is 2.54 bits per heavy atom. The highest BCUT2D eigenvalue weighted by Gasteiger charge is 2.15. The Morgan fingerprint density at radius 1 is 1.11 bits per heavy atom. The number of para-hydroxylation sites is 1. The number of nitrogens with one attached hydrogen (secondary N) is 2. The number of amides is 2. The molecule has 1 heterocycles. The summed E-state index contributed by atoms with van der Waals surface area (Å²) in [5, 5.41) is 7.70. The van der Waals surface area contributed by atoms with Gasteiger partial charge in [-0.2, -0.15) is 0 Å². The second-order valence-corrected chi connectivity index (χ2v) is 8.07. The van der Waals surface area contributed by atoms with Gasteiger partial charge in [0, 0.05) is 22.2 Å². The number of nitrogens with zero attached hydrogens (tertiary/aromatic N) is 1. The Labute approximate surface area is 171 Å². The van der Waals surface area contributed by atoms with Crippen LogP contribution >= 0.6 is 23.1 Å². The minimum atomic E-state index is -0.274. The third-order valence-corrected chi connectivity index (χ3v) is 5.40. The first kappa shape index (κ1) is 19.9. The highest BCUT2D eigenvalue weighted by Crippen LogP contribution is 2.26. The summed E-state index contributed by atoms with van der Waals surface area (Å²) in [6.45, 7) is 1.78. The number of carbonyl (C=O) groups excluding carboxylic acids is 2. The van der Waals surface area contributed by atoms with E-state index in [1.165, 1.54) is 23.1 Å². The van der Waals surface area contributed by atoms with Gasteiger partial charge >= 0.3 is 0 Å². The highest BCUT2D eigenvalue weighted by molar-refractivity contribution is 8.00. The summed E-state index contributed by atoms with van der Waals surface area (Å²) in [7, 11) is 0. The fourth-order valence-electron chi connectivity index (χ4n) is 2.23. The average molecular weight is 414 g/mol. The van der Waals surface area contributed by atoms with Crippen LogP contribution in [0.25, 0.3) is 0 Å². The van der Waals surface area contributed by atoms with Crippen LogP contribution in [0.2, 0.25) is 0 Å². The van der Waals surface area contributed by atoms with Crippen molar-refractivity contribution in [2.75, 3.05) is 17.2 Å². The van der Waals surface area contributed by atoms with Crippen molar-refractivity contribution in [3.63, 3.8) is 0 Å². The molecule has 3 rings (SSSR count). The number of carbonyl (C=O) groups is 2. The molecule has 0 aliphatic carbocycles. The lowest BCUT2D eigenvalue weighted by molar-refractivity contribution is -0.118. The summed E-state index contributed by atoms with van der Waals surface area (Å²) in [5.41, 5.74) is 0.672. The van der Waals surface area contributed by atoms with E-state index in [9.17, 15) is 9.59 Å². The van der Waals surface area contributed by atoms with Crippen LogP contribution in [0.4, 0.5) is 10.8 Å². The third-order valence-electron chi connectivity index (χ3n) is 3.60. The van der Waals surface area contributed by atoms with Crippen LogP contribution < -0.4 is 15.4 Å². The third kappa shape index (κ3) is 6.11. The summed E-state index contributed by atoms with van der Waals surface area (Å²) >= 11 is 2.82. The van der Waals surface area contributed by atoms with E-state index in [1.807, 2.05) is 42.6 Å². The molecule has 1 atom stereocenters. The average Bonchev–Trinajstić information content (AvgIpc) is 3.21. The molecule has 0 saturated heterocycles. The predicted octanol–water partition coefficient (Wildman–Crippen LogP) is 4.28. The SMILES string of the molecule is CC(Sc1ccc(NC(=O)COc2ccccc2)cc1)C(=O)Nc1nccs1. The Hall–Kier alpha value is -2.84. The number of anilines is 2. The van der Waals surface area contributed by atoms with E-state index in [0.29, 0.717) is 16.6 Å². The lowest BCUT2D eigenvalue weighted by Gasteiger charge is -2.11. The van der Waals surface area contributed by atoms with Crippen molar-refractivity contribution in [1.82, 2.24) is 4.98 Å². The van der Waals surface area contributed by atoms with Gasteiger partial charge in [0.15, 0.2) is 11.7 Å². The van der Waals surface area contributed by atoms with Gasteiger partial charge in [-0.1, -0.05) is 18.2 Å². The number of thiazole rings is 1. The number of ether oxygens (including phenoxy) is 1. The summed E-state index contributed by atoms with van der Waals surface area (Å²) in [4.78, 5) is 29.1.